The number of benzene rings is 1. The van der Waals surface area contributed by atoms with Crippen molar-refractivity contribution in [3.05, 3.63) is 30.1 Å². The first-order valence-corrected chi connectivity index (χ1v) is 7.88. The van der Waals surface area contributed by atoms with Gasteiger partial charge < -0.3 is 9.88 Å². The average molecular weight is 271 g/mol. The van der Waals surface area contributed by atoms with Crippen LogP contribution < -0.4 is 5.32 Å². The number of hydrogen-bond donors (Lipinski definition) is 1. The molecule has 3 nitrogen and oxygen atoms in total. The summed E-state index contributed by atoms with van der Waals surface area (Å²) in [6.45, 7) is 3.26. The van der Waals surface area contributed by atoms with Gasteiger partial charge in [0.25, 0.3) is 0 Å². The van der Waals surface area contributed by atoms with Crippen LogP contribution in [0.15, 0.2) is 24.3 Å². The topological polar surface area (TPSA) is 29.9 Å². The zero-order chi connectivity index (χ0) is 13.9. The van der Waals surface area contributed by atoms with E-state index in [9.17, 15) is 0 Å². The molecule has 1 aromatic heterocycles. The predicted octanol–water partition coefficient (Wildman–Crippen LogP) is 3.63. The molecule has 108 valence electrons. The van der Waals surface area contributed by atoms with Crippen LogP contribution in [-0.4, -0.2) is 15.6 Å². The molecule has 3 heteroatoms. The van der Waals surface area contributed by atoms with Gasteiger partial charge in [0, 0.05) is 13.1 Å². The van der Waals surface area contributed by atoms with Crippen molar-refractivity contribution in [2.45, 2.75) is 51.6 Å². The molecular weight excluding hydrogens is 246 g/mol. The van der Waals surface area contributed by atoms with Crippen LogP contribution in [0.3, 0.4) is 0 Å². The molecule has 0 spiro atoms. The monoisotopic (exact) mass is 271 g/mol. The molecule has 0 amide bonds. The Bertz CT molecular complexity index is 573. The predicted molar refractivity (Wildman–Crippen MR) is 83.6 cm³/mol. The number of aromatic nitrogens is 2. The van der Waals surface area contributed by atoms with Gasteiger partial charge in [-0.25, -0.2) is 4.98 Å². The Labute approximate surface area is 121 Å². The van der Waals surface area contributed by atoms with Crippen molar-refractivity contribution in [2.24, 2.45) is 13.0 Å². The summed E-state index contributed by atoms with van der Waals surface area (Å²) in [5, 5.41) is 3.72. The van der Waals surface area contributed by atoms with E-state index in [-0.39, 0.29) is 0 Å². The highest BCUT2D eigenvalue weighted by Crippen LogP contribution is 2.23. The lowest BCUT2D eigenvalue weighted by Gasteiger charge is -2.16. The van der Waals surface area contributed by atoms with E-state index < -0.39 is 0 Å². The van der Waals surface area contributed by atoms with E-state index in [2.05, 4.69) is 48.1 Å². The maximum Gasteiger partial charge on any atom is 0.123 e. The van der Waals surface area contributed by atoms with Gasteiger partial charge in [0.15, 0.2) is 0 Å². The lowest BCUT2D eigenvalue weighted by atomic mass is 10.0. The van der Waals surface area contributed by atoms with Gasteiger partial charge >= 0.3 is 0 Å². The maximum absolute atomic E-state index is 4.74. The second kappa shape index (κ2) is 5.96. The number of hydrogen-bond acceptors (Lipinski definition) is 2. The van der Waals surface area contributed by atoms with Gasteiger partial charge in [0.05, 0.1) is 17.6 Å². The molecule has 0 aliphatic heterocycles. The Morgan fingerprint density at radius 3 is 2.90 bits per heavy atom. The minimum absolute atomic E-state index is 0.666. The molecule has 0 bridgehead atoms. The van der Waals surface area contributed by atoms with Gasteiger partial charge in [-0.3, -0.25) is 0 Å². The van der Waals surface area contributed by atoms with Gasteiger partial charge in [-0.2, -0.15) is 0 Å². The molecular formula is C17H25N3. The third-order valence-electron chi connectivity index (χ3n) is 4.69. The van der Waals surface area contributed by atoms with Crippen LogP contribution in [0, 0.1) is 5.92 Å². The van der Waals surface area contributed by atoms with Crippen molar-refractivity contribution < 1.29 is 0 Å². The highest BCUT2D eigenvalue weighted by molar-refractivity contribution is 5.75. The van der Waals surface area contributed by atoms with Crippen molar-refractivity contribution in [1.82, 2.24) is 14.9 Å². The van der Waals surface area contributed by atoms with Crippen LogP contribution in [-0.2, 0) is 13.6 Å². The van der Waals surface area contributed by atoms with Crippen molar-refractivity contribution in [3.8, 4) is 0 Å². The van der Waals surface area contributed by atoms with E-state index >= 15 is 0 Å². The summed E-state index contributed by atoms with van der Waals surface area (Å²) in [7, 11) is 2.11. The minimum atomic E-state index is 0.666. The van der Waals surface area contributed by atoms with E-state index in [4.69, 9.17) is 4.98 Å². The molecule has 20 heavy (non-hydrogen) atoms. The zero-order valence-corrected chi connectivity index (χ0v) is 12.6. The summed E-state index contributed by atoms with van der Waals surface area (Å²) in [6, 6.07) is 9.03. The SMILES string of the molecule is CC1CCCC(NCc2nc3ccccc3n2C)CC1. The second-order valence-electron chi connectivity index (χ2n) is 6.27. The van der Waals surface area contributed by atoms with Crippen LogP contribution >= 0.6 is 0 Å². The highest BCUT2D eigenvalue weighted by Gasteiger charge is 2.16. The first-order chi connectivity index (χ1) is 9.74. The van der Waals surface area contributed by atoms with Crippen LogP contribution in [0.5, 0.6) is 0 Å². The molecule has 1 saturated carbocycles. The number of para-hydroxylation sites is 2. The molecule has 1 aliphatic carbocycles. The van der Waals surface area contributed by atoms with Gasteiger partial charge in [-0.15, -0.1) is 0 Å². The second-order valence-corrected chi connectivity index (χ2v) is 6.27. The van der Waals surface area contributed by atoms with Crippen LogP contribution in [0.4, 0.5) is 0 Å². The summed E-state index contributed by atoms with van der Waals surface area (Å²) < 4.78 is 2.21. The molecule has 1 aliphatic rings. The fourth-order valence-electron chi connectivity index (χ4n) is 3.28. The quantitative estimate of drug-likeness (QED) is 0.864. The van der Waals surface area contributed by atoms with Crippen molar-refractivity contribution >= 4 is 11.0 Å². The molecule has 0 radical (unpaired) electrons. The summed E-state index contributed by atoms with van der Waals surface area (Å²) in [5.74, 6) is 2.04. The number of rotatable bonds is 3. The van der Waals surface area contributed by atoms with Gasteiger partial charge in [0.1, 0.15) is 5.82 Å². The first kappa shape index (κ1) is 13.6. The van der Waals surface area contributed by atoms with E-state index in [1.165, 1.54) is 37.6 Å². The van der Waals surface area contributed by atoms with Crippen molar-refractivity contribution in [2.75, 3.05) is 0 Å². The standard InChI is InChI=1S/C17H25N3/c1-13-6-5-7-14(11-10-13)18-12-17-19-15-8-3-4-9-16(15)20(17)2/h3-4,8-9,13-14,18H,5-7,10-12H2,1-2H3. The maximum atomic E-state index is 4.74. The fourth-order valence-corrected chi connectivity index (χ4v) is 3.28. The van der Waals surface area contributed by atoms with E-state index in [0.29, 0.717) is 6.04 Å². The molecule has 0 saturated heterocycles. The van der Waals surface area contributed by atoms with E-state index in [1.807, 2.05) is 0 Å². The van der Waals surface area contributed by atoms with Crippen LogP contribution in [0.2, 0.25) is 0 Å². The fraction of sp³-hybridized carbons (Fsp3) is 0.588. The van der Waals surface area contributed by atoms with Gasteiger partial charge in [-0.05, 0) is 37.3 Å². The Kier molecular flexibility index (Phi) is 4.06. The molecule has 1 aromatic carbocycles. The highest BCUT2D eigenvalue weighted by atomic mass is 15.1. The van der Waals surface area contributed by atoms with E-state index in [1.54, 1.807) is 0 Å². The largest absolute Gasteiger partial charge is 0.330 e. The summed E-state index contributed by atoms with van der Waals surface area (Å²) in [4.78, 5) is 4.74. The van der Waals surface area contributed by atoms with Gasteiger partial charge in [-0.1, -0.05) is 31.9 Å². The Morgan fingerprint density at radius 1 is 1.20 bits per heavy atom. The number of nitrogens with one attached hydrogen (secondary N) is 1. The number of nitrogens with zero attached hydrogens (tertiary/aromatic N) is 2. The Hall–Kier alpha value is -1.35. The Balaban J connectivity index is 1.66. The summed E-state index contributed by atoms with van der Waals surface area (Å²) in [6.07, 6.45) is 6.74. The van der Waals surface area contributed by atoms with Crippen molar-refractivity contribution in [1.29, 1.82) is 0 Å². The molecule has 1 fully saturated rings. The third kappa shape index (κ3) is 2.88. The first-order valence-electron chi connectivity index (χ1n) is 7.88. The Morgan fingerprint density at radius 2 is 2.05 bits per heavy atom. The minimum Gasteiger partial charge on any atom is -0.330 e. The lowest BCUT2D eigenvalue weighted by Crippen LogP contribution is -2.29. The molecule has 1 heterocycles. The molecule has 1 N–H and O–H groups in total. The summed E-state index contributed by atoms with van der Waals surface area (Å²) in [5.41, 5.74) is 2.32. The molecule has 3 rings (SSSR count). The zero-order valence-electron chi connectivity index (χ0n) is 12.6. The normalized spacial score (nSPS) is 23.9. The van der Waals surface area contributed by atoms with Gasteiger partial charge in [0.2, 0.25) is 0 Å². The van der Waals surface area contributed by atoms with E-state index in [0.717, 1.165) is 23.8 Å². The number of imidazole rings is 1. The number of aryl methyl sites for hydroxylation is 1. The molecule has 2 atom stereocenters. The number of fused-ring (bicyclic) bond motifs is 1. The third-order valence-corrected chi connectivity index (χ3v) is 4.69. The smallest absolute Gasteiger partial charge is 0.123 e. The molecule has 2 unspecified atom stereocenters. The van der Waals surface area contributed by atoms with Crippen LogP contribution in [0.1, 0.15) is 44.9 Å². The lowest BCUT2D eigenvalue weighted by molar-refractivity contribution is 0.440. The molecule has 2 aromatic rings. The van der Waals surface area contributed by atoms with Crippen LogP contribution in [0.25, 0.3) is 11.0 Å². The summed E-state index contributed by atoms with van der Waals surface area (Å²) >= 11 is 0. The van der Waals surface area contributed by atoms with Crippen molar-refractivity contribution in [3.63, 3.8) is 0 Å². The average Bonchev–Trinajstić information content (AvgIpc) is 2.63.